The minimum atomic E-state index is -3.93. The number of aromatic nitrogens is 1. The molecule has 0 aliphatic heterocycles. The molecule has 9 heteroatoms. The summed E-state index contributed by atoms with van der Waals surface area (Å²) in [5.74, 6) is -0.0509. The molecule has 308 valence electrons. The molecule has 1 heterocycles. The van der Waals surface area contributed by atoms with Crippen molar-refractivity contribution in [3.8, 4) is 12.8 Å². The average molecular weight is 757 g/mol. The van der Waals surface area contributed by atoms with Gasteiger partial charge in [0.2, 0.25) is 6.43 Å². The molecular formula is C44H77F5N4. The third-order valence-electron chi connectivity index (χ3n) is 8.49. The number of pyridine rings is 1. The molecule has 1 saturated carbocycles. The van der Waals surface area contributed by atoms with E-state index in [0.717, 1.165) is 30.5 Å². The lowest BCUT2D eigenvalue weighted by Crippen LogP contribution is -2.20. The van der Waals surface area contributed by atoms with Crippen molar-refractivity contribution in [1.82, 2.24) is 10.3 Å². The highest BCUT2D eigenvalue weighted by Gasteiger charge is 2.34. The van der Waals surface area contributed by atoms with E-state index in [1.54, 1.807) is 12.4 Å². The second-order valence-electron chi connectivity index (χ2n) is 12.6. The maximum atomic E-state index is 11.5. The fourth-order valence-electron chi connectivity index (χ4n) is 4.62. The molecule has 53 heavy (non-hydrogen) atoms. The van der Waals surface area contributed by atoms with Crippen LogP contribution in [-0.2, 0) is 0 Å². The molecule has 3 N–H and O–H groups in total. The van der Waals surface area contributed by atoms with Crippen molar-refractivity contribution < 1.29 is 22.0 Å². The third-order valence-corrected chi connectivity index (χ3v) is 8.49. The summed E-state index contributed by atoms with van der Waals surface area (Å²) >= 11 is 0. The molecule has 2 aromatic rings. The van der Waals surface area contributed by atoms with Gasteiger partial charge in [0.1, 0.15) is 0 Å². The van der Waals surface area contributed by atoms with Gasteiger partial charge in [-0.05, 0) is 101 Å². The van der Waals surface area contributed by atoms with Crippen molar-refractivity contribution in [2.75, 3.05) is 14.1 Å². The summed E-state index contributed by atoms with van der Waals surface area (Å²) in [5.41, 5.74) is 11.7. The van der Waals surface area contributed by atoms with Gasteiger partial charge in [-0.3, -0.25) is 9.98 Å². The molecule has 1 aliphatic carbocycles. The summed E-state index contributed by atoms with van der Waals surface area (Å²) in [6, 6.07) is 12.6. The highest BCUT2D eigenvalue weighted by atomic mass is 19.4. The first-order valence-electron chi connectivity index (χ1n) is 19.1. The molecule has 0 saturated heterocycles. The average Bonchev–Trinajstić information content (AvgIpc) is 3.14. The van der Waals surface area contributed by atoms with Gasteiger partial charge in [0.15, 0.2) is 0 Å². The first-order chi connectivity index (χ1) is 25.0. The number of hydrogen-bond acceptors (Lipinski definition) is 4. The van der Waals surface area contributed by atoms with E-state index in [1.807, 2.05) is 60.8 Å². The zero-order valence-electron chi connectivity index (χ0n) is 35.6. The van der Waals surface area contributed by atoms with Crippen LogP contribution in [0.5, 0.6) is 0 Å². The molecule has 3 rings (SSSR count). The van der Waals surface area contributed by atoms with Crippen LogP contribution in [0.25, 0.3) is 5.57 Å². The molecular weight excluding hydrogens is 680 g/mol. The molecule has 1 unspecified atom stereocenters. The Morgan fingerprint density at radius 1 is 0.962 bits per heavy atom. The zero-order valence-corrected chi connectivity index (χ0v) is 35.6. The molecule has 1 aromatic carbocycles. The number of allylic oxidation sites excluding steroid dienone is 1. The van der Waals surface area contributed by atoms with Crippen LogP contribution < -0.4 is 11.1 Å². The number of rotatable bonds is 10. The van der Waals surface area contributed by atoms with Crippen molar-refractivity contribution in [2.24, 2.45) is 22.1 Å². The predicted molar refractivity (Wildman–Crippen MR) is 225 cm³/mol. The Morgan fingerprint density at radius 2 is 1.42 bits per heavy atom. The number of benzene rings is 1. The van der Waals surface area contributed by atoms with Crippen LogP contribution in [0, 0.1) is 38.0 Å². The number of nitrogens with zero attached hydrogens (tertiary/aromatic N) is 2. The fourth-order valence-corrected chi connectivity index (χ4v) is 4.62. The molecule has 4 nitrogen and oxygen atoms in total. The lowest BCUT2D eigenvalue weighted by molar-refractivity contribution is -0.149. The van der Waals surface area contributed by atoms with Crippen LogP contribution in [0.15, 0.2) is 53.8 Å². The number of aliphatic imine (C=N–C) groups is 1. The molecule has 0 radical (unpaired) electrons. The van der Waals surface area contributed by atoms with Crippen molar-refractivity contribution in [3.63, 3.8) is 0 Å². The first-order valence-corrected chi connectivity index (χ1v) is 19.1. The predicted octanol–water partition coefficient (Wildman–Crippen LogP) is 14.0. The van der Waals surface area contributed by atoms with Crippen molar-refractivity contribution >= 4 is 12.3 Å². The number of halogens is 5. The number of terminal acetylenes is 1. The molecule has 1 atom stereocenters. The molecule has 1 aromatic heterocycles. The first kappa shape index (κ1) is 59.0. The van der Waals surface area contributed by atoms with E-state index in [4.69, 9.17) is 5.73 Å². The van der Waals surface area contributed by atoms with Crippen molar-refractivity contribution in [1.29, 1.82) is 0 Å². The Hall–Kier alpha value is -3.25. The van der Waals surface area contributed by atoms with Gasteiger partial charge < -0.3 is 11.1 Å². The fraction of sp³-hybridized carbons (Fsp3) is 0.636. The maximum Gasteiger partial charge on any atom is 0.389 e. The normalized spacial score (nSPS) is 12.4. The molecule has 1 fully saturated rings. The molecule has 0 bridgehead atoms. The molecule has 1 aliphatic rings. The minimum Gasteiger partial charge on any atom is -0.404 e. The summed E-state index contributed by atoms with van der Waals surface area (Å²) in [4.78, 5) is 8.10. The third kappa shape index (κ3) is 35.5. The van der Waals surface area contributed by atoms with Gasteiger partial charge in [0.25, 0.3) is 0 Å². The Kier molecular flexibility index (Phi) is 42.9. The van der Waals surface area contributed by atoms with Gasteiger partial charge in [-0.2, -0.15) is 13.2 Å². The van der Waals surface area contributed by atoms with E-state index < -0.39 is 19.0 Å². The lowest BCUT2D eigenvalue weighted by atomic mass is 9.76. The van der Waals surface area contributed by atoms with E-state index in [2.05, 4.69) is 93.7 Å². The number of alkyl halides is 5. The van der Waals surface area contributed by atoms with E-state index in [9.17, 15) is 22.0 Å². The SMILES string of the molecule is C#C.C/C(=C/N)c1cc(C)ccn1.C=NC(C)c1ccc(C)cc1.CC.CCC(F)F.CCCC(CC)(CC)CC.CNC.FC(F)(F)CC1CCC1. The van der Waals surface area contributed by atoms with Crippen molar-refractivity contribution in [3.05, 3.63) is 71.2 Å². The van der Waals surface area contributed by atoms with Crippen LogP contribution in [0.4, 0.5) is 22.0 Å². The van der Waals surface area contributed by atoms with Gasteiger partial charge in [-0.25, -0.2) is 8.78 Å². The highest BCUT2D eigenvalue weighted by Crippen LogP contribution is 2.36. The Balaban J connectivity index is -0.000000176. The van der Waals surface area contributed by atoms with Gasteiger partial charge in [0, 0.05) is 19.0 Å². The van der Waals surface area contributed by atoms with Crippen LogP contribution in [0.1, 0.15) is 155 Å². The second-order valence-corrected chi connectivity index (χ2v) is 12.6. The summed E-state index contributed by atoms with van der Waals surface area (Å²) < 4.78 is 56.1. The topological polar surface area (TPSA) is 63.3 Å². The van der Waals surface area contributed by atoms with E-state index in [1.165, 1.54) is 55.7 Å². The number of aryl methyl sites for hydroxylation is 2. The van der Waals surface area contributed by atoms with Gasteiger partial charge in [-0.1, -0.05) is 123 Å². The summed E-state index contributed by atoms with van der Waals surface area (Å²) in [5, 5.41) is 2.75. The van der Waals surface area contributed by atoms with E-state index in [0.29, 0.717) is 5.41 Å². The maximum absolute atomic E-state index is 11.5. The van der Waals surface area contributed by atoms with Gasteiger partial charge >= 0.3 is 6.18 Å². The largest absolute Gasteiger partial charge is 0.404 e. The monoisotopic (exact) mass is 757 g/mol. The Morgan fingerprint density at radius 3 is 1.66 bits per heavy atom. The van der Waals surface area contributed by atoms with E-state index in [-0.39, 0.29) is 18.4 Å². The van der Waals surface area contributed by atoms with Crippen LogP contribution in [0.3, 0.4) is 0 Å². The van der Waals surface area contributed by atoms with Crippen LogP contribution in [-0.4, -0.2) is 38.4 Å². The lowest BCUT2D eigenvalue weighted by Gasteiger charge is -2.29. The minimum absolute atomic E-state index is 0.0278. The Bertz CT molecular complexity index is 1110. The van der Waals surface area contributed by atoms with Gasteiger partial charge in [-0.15, -0.1) is 12.8 Å². The summed E-state index contributed by atoms with van der Waals surface area (Å²) in [6.45, 7) is 26.3. The summed E-state index contributed by atoms with van der Waals surface area (Å²) in [7, 11) is 3.75. The quantitative estimate of drug-likeness (QED) is 0.144. The van der Waals surface area contributed by atoms with Crippen molar-refractivity contribution in [2.45, 2.75) is 159 Å². The molecule has 0 spiro atoms. The molecule has 0 amide bonds. The standard InChI is InChI=1S/C10H13N.C10H22.C9H12N2.C6H9F3.C3H6F2.C2H7N.C2H6.C2H2/c1-8-4-6-10(7-5-8)9(2)11-3;1-5-9-10(6-2,7-3)8-4;1-7-3-4-11-9(5-7)8(2)6-10;7-6(8,9)4-5-2-1-3-5;1-2-3(4)5;1-3-2;2*1-2/h4-7,9H,3H2,1-2H3;5-9H2,1-4H3;3-6H,10H2,1-2H3;5H,1-4H2;3H,2H2,1H3;3H,1-2H3;1-2H3;1-2H/b;;8-6-;;;;;. The number of nitrogens with two attached hydrogens (primary N) is 1. The van der Waals surface area contributed by atoms with Crippen LogP contribution in [0.2, 0.25) is 0 Å². The number of hydrogen-bond donors (Lipinski definition) is 2. The van der Waals surface area contributed by atoms with Crippen LogP contribution >= 0.6 is 0 Å². The smallest absolute Gasteiger partial charge is 0.389 e. The highest BCUT2D eigenvalue weighted by molar-refractivity contribution is 5.60. The summed E-state index contributed by atoms with van der Waals surface area (Å²) in [6.07, 6.45) is 14.1. The zero-order chi connectivity index (χ0) is 42.5. The number of nitrogens with one attached hydrogen (secondary N) is 1. The Labute approximate surface area is 323 Å². The van der Waals surface area contributed by atoms with Gasteiger partial charge in [0.05, 0.1) is 11.7 Å². The van der Waals surface area contributed by atoms with E-state index >= 15 is 0 Å². The second kappa shape index (κ2) is 38.5.